The Kier molecular flexibility index (Phi) is 9.48. The summed E-state index contributed by atoms with van der Waals surface area (Å²) in [5, 5.41) is 9.98. The minimum absolute atomic E-state index is 0.194. The number of nitrogens with one attached hydrogen (secondary N) is 1. The van der Waals surface area contributed by atoms with Crippen molar-refractivity contribution in [1.82, 2.24) is 24.9 Å². The Balaban J connectivity index is 1.22. The number of esters is 1. The summed E-state index contributed by atoms with van der Waals surface area (Å²) in [5.41, 5.74) is 3.10. The Morgan fingerprint density at radius 3 is 2.57 bits per heavy atom. The lowest BCUT2D eigenvalue weighted by Crippen LogP contribution is -2.34. The van der Waals surface area contributed by atoms with Gasteiger partial charge in [-0.05, 0) is 79.6 Å². The Morgan fingerprint density at radius 1 is 1.10 bits per heavy atom. The highest BCUT2D eigenvalue weighted by molar-refractivity contribution is 6.32. The monoisotopic (exact) mass is 595 g/mol. The number of halogens is 2. The van der Waals surface area contributed by atoms with Crippen molar-refractivity contribution >= 4 is 28.5 Å². The normalized spacial score (nSPS) is 14.8. The maximum atomic E-state index is 14.2. The molecule has 0 spiro atoms. The number of rotatable bonds is 11. The standard InChI is InChI=1S/C32H39ClFN5O3/c1-20(2)18-41-29-8-5-23(13-26(29)33)15-38-11-9-22(10-12-38)16-39-17-28(36-37-39)30-25-14-24(34)6-7-27(25)35-31(30)32(40)42-19-21(3)4/h5-8,13-14,17,20-22,35H,9-12,15-16,18-19H2,1-4H3. The van der Waals surface area contributed by atoms with Gasteiger partial charge in [-0.3, -0.25) is 9.58 Å². The smallest absolute Gasteiger partial charge is 0.355 e. The van der Waals surface area contributed by atoms with Gasteiger partial charge in [0.15, 0.2) is 0 Å². The predicted molar refractivity (Wildman–Crippen MR) is 162 cm³/mol. The molecular weight excluding hydrogens is 557 g/mol. The van der Waals surface area contributed by atoms with Crippen LogP contribution in [0.2, 0.25) is 5.02 Å². The van der Waals surface area contributed by atoms with E-state index in [0.29, 0.717) is 52.2 Å². The molecule has 8 nitrogen and oxygen atoms in total. The molecule has 1 saturated heterocycles. The molecule has 0 radical (unpaired) electrons. The van der Waals surface area contributed by atoms with Crippen LogP contribution in [0.5, 0.6) is 5.75 Å². The molecule has 0 atom stereocenters. The molecule has 1 aliphatic heterocycles. The van der Waals surface area contributed by atoms with Gasteiger partial charge in [0.2, 0.25) is 0 Å². The van der Waals surface area contributed by atoms with Gasteiger partial charge >= 0.3 is 5.97 Å². The summed E-state index contributed by atoms with van der Waals surface area (Å²) in [4.78, 5) is 18.5. The summed E-state index contributed by atoms with van der Waals surface area (Å²) in [6.45, 7) is 12.6. The van der Waals surface area contributed by atoms with E-state index >= 15 is 0 Å². The zero-order valence-electron chi connectivity index (χ0n) is 24.7. The van der Waals surface area contributed by atoms with Gasteiger partial charge in [0.25, 0.3) is 0 Å². The predicted octanol–water partition coefficient (Wildman–Crippen LogP) is 6.98. The average molecular weight is 596 g/mol. The lowest BCUT2D eigenvalue weighted by Gasteiger charge is -2.31. The summed E-state index contributed by atoms with van der Waals surface area (Å²) >= 11 is 6.47. The molecule has 2 aromatic carbocycles. The quantitative estimate of drug-likeness (QED) is 0.188. The zero-order valence-corrected chi connectivity index (χ0v) is 25.5. The SMILES string of the molecule is CC(C)COC(=O)c1[nH]c2ccc(F)cc2c1-c1cn(CC2CCN(Cc3ccc(OCC(C)C)c(Cl)c3)CC2)nn1. The lowest BCUT2D eigenvalue weighted by molar-refractivity contribution is 0.0454. The molecule has 1 aliphatic rings. The fraction of sp³-hybridized carbons (Fsp3) is 0.469. The number of aromatic nitrogens is 4. The third-order valence-corrected chi connectivity index (χ3v) is 7.73. The number of aromatic amines is 1. The van der Waals surface area contributed by atoms with Crippen LogP contribution in [0.3, 0.4) is 0 Å². The molecule has 0 amide bonds. The van der Waals surface area contributed by atoms with E-state index in [1.54, 1.807) is 6.07 Å². The van der Waals surface area contributed by atoms with Crippen molar-refractivity contribution in [2.75, 3.05) is 26.3 Å². The first-order valence-electron chi connectivity index (χ1n) is 14.7. The molecule has 4 aromatic rings. The largest absolute Gasteiger partial charge is 0.492 e. The second-order valence-corrected chi connectivity index (χ2v) is 12.5. The number of H-pyrrole nitrogens is 1. The van der Waals surface area contributed by atoms with Crippen molar-refractivity contribution in [2.24, 2.45) is 17.8 Å². The van der Waals surface area contributed by atoms with Crippen LogP contribution in [0, 0.1) is 23.6 Å². The van der Waals surface area contributed by atoms with Crippen molar-refractivity contribution in [3.63, 3.8) is 0 Å². The molecule has 3 heterocycles. The minimum atomic E-state index is -0.490. The van der Waals surface area contributed by atoms with E-state index in [9.17, 15) is 9.18 Å². The molecule has 1 fully saturated rings. The summed E-state index contributed by atoms with van der Waals surface area (Å²) < 4.78 is 27.3. The van der Waals surface area contributed by atoms with Gasteiger partial charge in [0.05, 0.1) is 24.4 Å². The van der Waals surface area contributed by atoms with Gasteiger partial charge in [0.1, 0.15) is 23.0 Å². The maximum Gasteiger partial charge on any atom is 0.355 e. The number of carbonyl (C=O) groups is 1. The van der Waals surface area contributed by atoms with Crippen LogP contribution < -0.4 is 4.74 Å². The number of carbonyl (C=O) groups excluding carboxylic acids is 1. The minimum Gasteiger partial charge on any atom is -0.492 e. The van der Waals surface area contributed by atoms with Crippen LogP contribution in [0.1, 0.15) is 56.6 Å². The average Bonchev–Trinajstić information content (AvgIpc) is 3.56. The van der Waals surface area contributed by atoms with Gasteiger partial charge in [0, 0.05) is 29.6 Å². The third-order valence-electron chi connectivity index (χ3n) is 7.43. The first kappa shape index (κ1) is 30.0. The number of hydrogen-bond donors (Lipinski definition) is 1. The van der Waals surface area contributed by atoms with Gasteiger partial charge in [-0.15, -0.1) is 5.10 Å². The molecular formula is C32H39ClFN5O3. The van der Waals surface area contributed by atoms with E-state index < -0.39 is 5.97 Å². The second-order valence-electron chi connectivity index (χ2n) is 12.1. The third kappa shape index (κ3) is 7.31. The molecule has 42 heavy (non-hydrogen) atoms. The number of ether oxygens (including phenoxy) is 2. The van der Waals surface area contributed by atoms with E-state index in [-0.39, 0.29) is 17.4 Å². The zero-order chi connectivity index (χ0) is 29.8. The number of likely N-dealkylation sites (tertiary alicyclic amines) is 1. The van der Waals surface area contributed by atoms with Gasteiger partial charge in [-0.1, -0.05) is 50.6 Å². The molecule has 5 rings (SSSR count). The molecule has 0 aliphatic carbocycles. The number of nitrogens with zero attached hydrogens (tertiary/aromatic N) is 4. The fourth-order valence-corrected chi connectivity index (χ4v) is 5.52. The van der Waals surface area contributed by atoms with Crippen molar-refractivity contribution in [1.29, 1.82) is 0 Å². The Hall–Kier alpha value is -3.43. The Labute approximate surface area is 251 Å². The van der Waals surface area contributed by atoms with Crippen LogP contribution in [0.4, 0.5) is 4.39 Å². The number of piperidine rings is 1. The molecule has 0 saturated carbocycles. The molecule has 224 valence electrons. The van der Waals surface area contributed by atoms with Crippen LogP contribution in [0.15, 0.2) is 42.6 Å². The van der Waals surface area contributed by atoms with Crippen LogP contribution in [-0.2, 0) is 17.8 Å². The van der Waals surface area contributed by atoms with Gasteiger partial charge < -0.3 is 14.5 Å². The van der Waals surface area contributed by atoms with E-state index in [4.69, 9.17) is 21.1 Å². The Bertz CT molecular complexity index is 1520. The molecule has 10 heteroatoms. The molecule has 0 bridgehead atoms. The molecule has 2 aromatic heterocycles. The van der Waals surface area contributed by atoms with Crippen molar-refractivity contribution in [3.8, 4) is 17.0 Å². The van der Waals surface area contributed by atoms with E-state index in [1.165, 1.54) is 17.7 Å². The second kappa shape index (κ2) is 13.3. The number of fused-ring (bicyclic) bond motifs is 1. The van der Waals surface area contributed by atoms with Crippen molar-refractivity contribution < 1.29 is 18.7 Å². The topological polar surface area (TPSA) is 85.3 Å². The van der Waals surface area contributed by atoms with E-state index in [1.807, 2.05) is 36.9 Å². The van der Waals surface area contributed by atoms with E-state index in [2.05, 4.69) is 40.1 Å². The van der Waals surface area contributed by atoms with E-state index in [0.717, 1.165) is 44.8 Å². The molecule has 0 unspecified atom stereocenters. The highest BCUT2D eigenvalue weighted by Crippen LogP contribution is 2.33. The van der Waals surface area contributed by atoms with Crippen LogP contribution in [-0.4, -0.2) is 57.2 Å². The van der Waals surface area contributed by atoms with Gasteiger partial charge in [-0.25, -0.2) is 9.18 Å². The van der Waals surface area contributed by atoms with Crippen LogP contribution in [0.25, 0.3) is 22.2 Å². The van der Waals surface area contributed by atoms with Crippen molar-refractivity contribution in [2.45, 2.75) is 53.6 Å². The maximum absolute atomic E-state index is 14.2. The summed E-state index contributed by atoms with van der Waals surface area (Å²) in [6, 6.07) is 10.5. The summed E-state index contributed by atoms with van der Waals surface area (Å²) in [5.74, 6) is 0.941. The fourth-order valence-electron chi connectivity index (χ4n) is 5.27. The van der Waals surface area contributed by atoms with Gasteiger partial charge in [-0.2, -0.15) is 0 Å². The summed E-state index contributed by atoms with van der Waals surface area (Å²) in [6.07, 6.45) is 3.90. The van der Waals surface area contributed by atoms with Crippen LogP contribution >= 0.6 is 11.6 Å². The number of hydrogen-bond acceptors (Lipinski definition) is 6. The highest BCUT2D eigenvalue weighted by Gasteiger charge is 2.25. The summed E-state index contributed by atoms with van der Waals surface area (Å²) in [7, 11) is 0. The first-order chi connectivity index (χ1) is 20.2. The van der Waals surface area contributed by atoms with Crippen molar-refractivity contribution in [3.05, 3.63) is 64.7 Å². The Morgan fingerprint density at radius 2 is 1.86 bits per heavy atom. The first-order valence-corrected chi connectivity index (χ1v) is 15.1. The molecule has 1 N–H and O–H groups in total. The highest BCUT2D eigenvalue weighted by atomic mass is 35.5. The number of benzene rings is 2. The lowest BCUT2D eigenvalue weighted by atomic mass is 9.96.